The highest BCUT2D eigenvalue weighted by Crippen LogP contribution is 2.34. The molecular formula is C17H23N3O3S. The van der Waals surface area contributed by atoms with Gasteiger partial charge in [-0.1, -0.05) is 19.0 Å². The van der Waals surface area contributed by atoms with Crippen molar-refractivity contribution in [3.05, 3.63) is 33.8 Å². The molecule has 6 nitrogen and oxygen atoms in total. The largest absolute Gasteiger partial charge is 0.396 e. The first kappa shape index (κ1) is 17.0. The second kappa shape index (κ2) is 6.94. The summed E-state index contributed by atoms with van der Waals surface area (Å²) in [5.41, 5.74) is 2.53. The number of anilines is 1. The molecule has 24 heavy (non-hydrogen) atoms. The molecule has 2 N–H and O–H groups in total. The van der Waals surface area contributed by atoms with E-state index in [4.69, 9.17) is 4.52 Å². The molecule has 2 amide bonds. The topological polar surface area (TPSA) is 78.6 Å². The molecule has 1 saturated heterocycles. The number of urea groups is 1. The number of carbonyl (C=O) groups is 1. The van der Waals surface area contributed by atoms with E-state index in [-0.39, 0.29) is 30.4 Å². The van der Waals surface area contributed by atoms with Gasteiger partial charge in [-0.15, -0.1) is 0 Å². The van der Waals surface area contributed by atoms with E-state index in [1.807, 2.05) is 26.2 Å². The molecule has 130 valence electrons. The molecule has 0 unspecified atom stereocenters. The van der Waals surface area contributed by atoms with Crippen molar-refractivity contribution in [3.8, 4) is 0 Å². The number of carbonyl (C=O) groups excluding carboxylic acids is 1. The second-order valence-corrected chi connectivity index (χ2v) is 7.38. The number of hydrogen-bond donors (Lipinski definition) is 2. The van der Waals surface area contributed by atoms with Crippen LogP contribution in [0.2, 0.25) is 0 Å². The van der Waals surface area contributed by atoms with Gasteiger partial charge in [0.1, 0.15) is 11.4 Å². The first-order chi connectivity index (χ1) is 11.5. The zero-order valence-corrected chi connectivity index (χ0v) is 15.0. The molecule has 7 heteroatoms. The molecule has 0 spiro atoms. The van der Waals surface area contributed by atoms with Gasteiger partial charge in [0.15, 0.2) is 5.76 Å². The number of rotatable bonds is 4. The monoisotopic (exact) mass is 349 g/mol. The fourth-order valence-electron chi connectivity index (χ4n) is 3.21. The third-order valence-electron chi connectivity index (χ3n) is 4.58. The van der Waals surface area contributed by atoms with Crippen LogP contribution < -0.4 is 5.32 Å². The molecule has 3 rings (SSSR count). The molecule has 0 aromatic carbocycles. The number of likely N-dealkylation sites (tertiary alicyclic amines) is 1. The van der Waals surface area contributed by atoms with Crippen molar-refractivity contribution in [1.29, 1.82) is 0 Å². The van der Waals surface area contributed by atoms with E-state index in [2.05, 4.69) is 21.9 Å². The Kier molecular flexibility index (Phi) is 4.91. The van der Waals surface area contributed by atoms with Crippen LogP contribution in [0.15, 0.2) is 21.3 Å². The first-order valence-electron chi connectivity index (χ1n) is 8.16. The van der Waals surface area contributed by atoms with Crippen molar-refractivity contribution >= 4 is 23.1 Å². The molecular weight excluding hydrogens is 326 g/mol. The summed E-state index contributed by atoms with van der Waals surface area (Å²) >= 11 is 1.64. The van der Waals surface area contributed by atoms with Gasteiger partial charge >= 0.3 is 6.03 Å². The minimum absolute atomic E-state index is 0.0680. The van der Waals surface area contributed by atoms with E-state index in [0.29, 0.717) is 30.2 Å². The minimum atomic E-state index is -0.167. The zero-order chi connectivity index (χ0) is 17.3. The Morgan fingerprint density at radius 3 is 2.96 bits per heavy atom. The zero-order valence-electron chi connectivity index (χ0n) is 14.2. The standard InChI is InChI=1S/C17H23N3O3S/c1-10(2)16-15(11(3)19-23-16)18-17(22)20-6-13(8-21)14(7-20)12-4-5-24-9-12/h4-5,9-10,13-14,21H,6-8H2,1-3H3,(H,18,22)/t13-,14-/m0/s1. The number of amides is 2. The van der Waals surface area contributed by atoms with Crippen molar-refractivity contribution < 1.29 is 14.4 Å². The molecule has 1 aliphatic rings. The molecule has 0 bridgehead atoms. The quantitative estimate of drug-likeness (QED) is 0.887. The van der Waals surface area contributed by atoms with Crippen molar-refractivity contribution in [1.82, 2.24) is 10.1 Å². The fourth-order valence-corrected chi connectivity index (χ4v) is 3.93. The molecule has 1 fully saturated rings. The molecule has 2 atom stereocenters. The third kappa shape index (κ3) is 3.18. The van der Waals surface area contributed by atoms with Gasteiger partial charge in [-0.05, 0) is 29.3 Å². The number of hydrogen-bond acceptors (Lipinski definition) is 5. The van der Waals surface area contributed by atoms with Crippen LogP contribution in [0.3, 0.4) is 0 Å². The number of aliphatic hydroxyl groups is 1. The van der Waals surface area contributed by atoms with E-state index < -0.39 is 0 Å². The maximum atomic E-state index is 12.7. The third-order valence-corrected chi connectivity index (χ3v) is 5.28. The Morgan fingerprint density at radius 1 is 1.54 bits per heavy atom. The summed E-state index contributed by atoms with van der Waals surface area (Å²) in [6.45, 7) is 7.05. The molecule has 2 aromatic heterocycles. The van der Waals surface area contributed by atoms with Gasteiger partial charge in [-0.3, -0.25) is 0 Å². The highest BCUT2D eigenvalue weighted by molar-refractivity contribution is 7.08. The number of aromatic nitrogens is 1. The first-order valence-corrected chi connectivity index (χ1v) is 9.10. The number of aryl methyl sites for hydroxylation is 1. The second-order valence-electron chi connectivity index (χ2n) is 6.60. The predicted octanol–water partition coefficient (Wildman–Crippen LogP) is 3.41. The Hall–Kier alpha value is -1.86. The molecule has 2 aromatic rings. The molecule has 0 aliphatic carbocycles. The number of nitrogens with one attached hydrogen (secondary N) is 1. The van der Waals surface area contributed by atoms with Gasteiger partial charge in [0, 0.05) is 37.5 Å². The van der Waals surface area contributed by atoms with Crippen molar-refractivity contribution in [3.63, 3.8) is 0 Å². The van der Waals surface area contributed by atoms with Crippen LogP contribution in [-0.4, -0.2) is 40.9 Å². The predicted molar refractivity (Wildman–Crippen MR) is 93.6 cm³/mol. The summed E-state index contributed by atoms with van der Waals surface area (Å²) in [7, 11) is 0. The Bertz CT molecular complexity index is 696. The molecule has 3 heterocycles. The lowest BCUT2D eigenvalue weighted by molar-refractivity contribution is 0.206. The van der Waals surface area contributed by atoms with E-state index in [9.17, 15) is 9.90 Å². The van der Waals surface area contributed by atoms with Crippen molar-refractivity contribution in [2.75, 3.05) is 25.0 Å². The molecule has 1 aliphatic heterocycles. The lowest BCUT2D eigenvalue weighted by Crippen LogP contribution is -2.33. The van der Waals surface area contributed by atoms with E-state index >= 15 is 0 Å². The van der Waals surface area contributed by atoms with Crippen LogP contribution in [0.4, 0.5) is 10.5 Å². The highest BCUT2D eigenvalue weighted by Gasteiger charge is 2.36. The van der Waals surface area contributed by atoms with Gasteiger partial charge < -0.3 is 19.8 Å². The van der Waals surface area contributed by atoms with Gasteiger partial charge in [0.2, 0.25) is 0 Å². The average Bonchev–Trinajstić information content (AvgIpc) is 3.26. The molecule has 0 saturated carbocycles. The molecule has 0 radical (unpaired) electrons. The lowest BCUT2D eigenvalue weighted by Gasteiger charge is -2.17. The average molecular weight is 349 g/mol. The Labute approximate surface area is 145 Å². The van der Waals surface area contributed by atoms with Crippen molar-refractivity contribution in [2.24, 2.45) is 5.92 Å². The van der Waals surface area contributed by atoms with Gasteiger partial charge in [-0.2, -0.15) is 11.3 Å². The van der Waals surface area contributed by atoms with E-state index in [0.717, 1.165) is 0 Å². The van der Waals surface area contributed by atoms with Crippen LogP contribution in [0, 0.1) is 12.8 Å². The Balaban J connectivity index is 1.73. The van der Waals surface area contributed by atoms with E-state index in [1.165, 1.54) is 5.56 Å². The van der Waals surface area contributed by atoms with Crippen LogP contribution in [0.1, 0.15) is 42.7 Å². The fraction of sp³-hybridized carbons (Fsp3) is 0.529. The summed E-state index contributed by atoms with van der Waals surface area (Å²) in [6.07, 6.45) is 0. The van der Waals surface area contributed by atoms with Crippen LogP contribution in [0.5, 0.6) is 0 Å². The summed E-state index contributed by atoms with van der Waals surface area (Å²) in [5.74, 6) is 1.08. The number of thiophene rings is 1. The summed E-state index contributed by atoms with van der Waals surface area (Å²) in [5, 5.41) is 20.7. The minimum Gasteiger partial charge on any atom is -0.396 e. The number of nitrogens with zero attached hydrogens (tertiary/aromatic N) is 2. The normalized spacial score (nSPS) is 20.8. The summed E-state index contributed by atoms with van der Waals surface area (Å²) in [6, 6.07) is 1.90. The SMILES string of the molecule is Cc1noc(C(C)C)c1NC(=O)N1C[C@@H](CO)[C@H](c2ccsc2)C1. The van der Waals surface area contributed by atoms with Crippen LogP contribution in [0.25, 0.3) is 0 Å². The van der Waals surface area contributed by atoms with Crippen LogP contribution >= 0.6 is 11.3 Å². The van der Waals surface area contributed by atoms with Gasteiger partial charge in [-0.25, -0.2) is 4.79 Å². The summed E-state index contributed by atoms with van der Waals surface area (Å²) < 4.78 is 5.32. The number of aliphatic hydroxyl groups excluding tert-OH is 1. The lowest BCUT2D eigenvalue weighted by atomic mass is 9.92. The maximum absolute atomic E-state index is 12.7. The summed E-state index contributed by atoms with van der Waals surface area (Å²) in [4.78, 5) is 14.4. The maximum Gasteiger partial charge on any atom is 0.322 e. The smallest absolute Gasteiger partial charge is 0.322 e. The highest BCUT2D eigenvalue weighted by atomic mass is 32.1. The van der Waals surface area contributed by atoms with Crippen LogP contribution in [-0.2, 0) is 0 Å². The van der Waals surface area contributed by atoms with Gasteiger partial charge in [0.05, 0.1) is 0 Å². The van der Waals surface area contributed by atoms with E-state index in [1.54, 1.807) is 16.2 Å². The van der Waals surface area contributed by atoms with Crippen molar-refractivity contribution in [2.45, 2.75) is 32.6 Å². The Morgan fingerprint density at radius 2 is 2.33 bits per heavy atom. The van der Waals surface area contributed by atoms with Gasteiger partial charge in [0.25, 0.3) is 0 Å².